The number of hydrogen-bond acceptors (Lipinski definition) is 4. The average Bonchev–Trinajstić information content (AvgIpc) is 2.54. The largest absolute Gasteiger partial charge is 0.495 e. The summed E-state index contributed by atoms with van der Waals surface area (Å²) < 4.78 is 31.6. The van der Waals surface area contributed by atoms with Gasteiger partial charge in [0.05, 0.1) is 18.6 Å². The standard InChI is InChI=1S/C17H19NO4S/c1-3-11-23(20,21)18-15-12-14(9-10-16(15)22-2)17(19)13-7-5-4-6-8-13/h4-10,12,18H,3,11H2,1-2H3. The molecule has 0 aliphatic carbocycles. The number of benzene rings is 2. The van der Waals surface area contributed by atoms with Gasteiger partial charge in [-0.1, -0.05) is 37.3 Å². The van der Waals surface area contributed by atoms with Gasteiger partial charge in [0.1, 0.15) is 5.75 Å². The van der Waals surface area contributed by atoms with Gasteiger partial charge in [-0.25, -0.2) is 8.42 Å². The maximum Gasteiger partial charge on any atom is 0.232 e. The topological polar surface area (TPSA) is 72.5 Å². The molecule has 0 aliphatic heterocycles. The molecule has 0 spiro atoms. The van der Waals surface area contributed by atoms with Crippen LogP contribution in [0, 0.1) is 0 Å². The number of nitrogens with one attached hydrogen (secondary N) is 1. The Morgan fingerprint density at radius 1 is 1.09 bits per heavy atom. The van der Waals surface area contributed by atoms with Crippen LogP contribution in [0.3, 0.4) is 0 Å². The Bertz CT molecular complexity index is 785. The van der Waals surface area contributed by atoms with Crippen LogP contribution >= 0.6 is 0 Å². The minimum Gasteiger partial charge on any atom is -0.495 e. The van der Waals surface area contributed by atoms with Gasteiger partial charge in [-0.2, -0.15) is 0 Å². The van der Waals surface area contributed by atoms with Crippen molar-refractivity contribution >= 4 is 21.5 Å². The van der Waals surface area contributed by atoms with E-state index in [4.69, 9.17) is 4.74 Å². The molecule has 0 heterocycles. The zero-order valence-corrected chi connectivity index (χ0v) is 13.9. The van der Waals surface area contributed by atoms with Crippen molar-refractivity contribution in [3.05, 3.63) is 59.7 Å². The Labute approximate surface area is 136 Å². The highest BCUT2D eigenvalue weighted by atomic mass is 32.2. The lowest BCUT2D eigenvalue weighted by molar-refractivity contribution is 0.103. The monoisotopic (exact) mass is 333 g/mol. The first-order chi connectivity index (χ1) is 11.0. The molecule has 1 N–H and O–H groups in total. The molecule has 2 aromatic rings. The maximum absolute atomic E-state index is 12.5. The Morgan fingerprint density at radius 3 is 2.39 bits per heavy atom. The summed E-state index contributed by atoms with van der Waals surface area (Å²) in [6, 6.07) is 13.5. The van der Waals surface area contributed by atoms with Crippen LogP contribution in [0.5, 0.6) is 5.75 Å². The number of carbonyl (C=O) groups is 1. The van der Waals surface area contributed by atoms with E-state index in [0.717, 1.165) is 0 Å². The Morgan fingerprint density at radius 2 is 1.78 bits per heavy atom. The van der Waals surface area contributed by atoms with Crippen molar-refractivity contribution < 1.29 is 17.9 Å². The molecule has 0 radical (unpaired) electrons. The second-order valence-electron chi connectivity index (χ2n) is 5.03. The molecule has 0 aromatic heterocycles. The third-order valence-corrected chi connectivity index (χ3v) is 4.71. The van der Waals surface area contributed by atoms with Gasteiger partial charge in [0.2, 0.25) is 10.0 Å². The second kappa shape index (κ2) is 7.28. The minimum absolute atomic E-state index is 0.00696. The highest BCUT2D eigenvalue weighted by molar-refractivity contribution is 7.92. The van der Waals surface area contributed by atoms with Crippen molar-refractivity contribution in [3.8, 4) is 5.75 Å². The molecule has 0 unspecified atom stereocenters. The fraction of sp³-hybridized carbons (Fsp3) is 0.235. The maximum atomic E-state index is 12.5. The van der Waals surface area contributed by atoms with E-state index in [9.17, 15) is 13.2 Å². The zero-order valence-electron chi connectivity index (χ0n) is 13.1. The van der Waals surface area contributed by atoms with Gasteiger partial charge < -0.3 is 4.74 Å². The van der Waals surface area contributed by atoms with Crippen molar-refractivity contribution in [2.75, 3.05) is 17.6 Å². The van der Waals surface area contributed by atoms with Gasteiger partial charge in [-0.15, -0.1) is 0 Å². The number of carbonyl (C=O) groups excluding carboxylic acids is 1. The van der Waals surface area contributed by atoms with Gasteiger partial charge in [0, 0.05) is 11.1 Å². The highest BCUT2D eigenvalue weighted by Gasteiger charge is 2.16. The quantitative estimate of drug-likeness (QED) is 0.790. The third kappa shape index (κ3) is 4.32. The first kappa shape index (κ1) is 17.0. The van der Waals surface area contributed by atoms with Gasteiger partial charge >= 0.3 is 0 Å². The predicted octanol–water partition coefficient (Wildman–Crippen LogP) is 3.08. The Hall–Kier alpha value is -2.34. The van der Waals surface area contributed by atoms with Crippen molar-refractivity contribution in [2.24, 2.45) is 0 Å². The summed E-state index contributed by atoms with van der Waals surface area (Å²) in [5, 5.41) is 0. The van der Waals surface area contributed by atoms with Crippen LogP contribution in [-0.2, 0) is 10.0 Å². The highest BCUT2D eigenvalue weighted by Crippen LogP contribution is 2.27. The van der Waals surface area contributed by atoms with Crippen LogP contribution < -0.4 is 9.46 Å². The van der Waals surface area contributed by atoms with Crippen LogP contribution in [0.1, 0.15) is 29.3 Å². The average molecular weight is 333 g/mol. The number of sulfonamides is 1. The molecule has 2 rings (SSSR count). The SMILES string of the molecule is CCCS(=O)(=O)Nc1cc(C(=O)c2ccccc2)ccc1OC. The molecule has 0 bridgehead atoms. The Balaban J connectivity index is 2.37. The number of ether oxygens (including phenoxy) is 1. The molecule has 0 aliphatic rings. The van der Waals surface area contributed by atoms with Crippen LogP contribution in [0.25, 0.3) is 0 Å². The summed E-state index contributed by atoms with van der Waals surface area (Å²) in [6.07, 6.45) is 0.500. The van der Waals surface area contributed by atoms with Crippen LogP contribution in [0.2, 0.25) is 0 Å². The zero-order chi connectivity index (χ0) is 16.9. The predicted molar refractivity (Wildman–Crippen MR) is 90.6 cm³/mol. The lowest BCUT2D eigenvalue weighted by atomic mass is 10.0. The van der Waals surface area contributed by atoms with Crippen LogP contribution in [0.4, 0.5) is 5.69 Å². The number of methoxy groups -OCH3 is 1. The van der Waals surface area contributed by atoms with Gasteiger partial charge in [0.25, 0.3) is 0 Å². The van der Waals surface area contributed by atoms with Crippen LogP contribution in [0.15, 0.2) is 48.5 Å². The first-order valence-corrected chi connectivity index (χ1v) is 8.90. The van der Waals surface area contributed by atoms with E-state index in [0.29, 0.717) is 23.3 Å². The fourth-order valence-corrected chi connectivity index (χ4v) is 3.31. The van der Waals surface area contributed by atoms with Crippen molar-refractivity contribution in [2.45, 2.75) is 13.3 Å². The molecule has 0 fully saturated rings. The number of rotatable bonds is 7. The molecule has 5 nitrogen and oxygen atoms in total. The number of anilines is 1. The summed E-state index contributed by atoms with van der Waals surface area (Å²) in [4.78, 5) is 12.5. The normalized spacial score (nSPS) is 11.0. The Kier molecular flexibility index (Phi) is 5.39. The van der Waals surface area contributed by atoms with Gasteiger partial charge in [-0.05, 0) is 24.6 Å². The molecule has 122 valence electrons. The van der Waals surface area contributed by atoms with Crippen molar-refractivity contribution in [1.82, 2.24) is 0 Å². The van der Waals surface area contributed by atoms with Crippen LogP contribution in [-0.4, -0.2) is 27.1 Å². The fourth-order valence-electron chi connectivity index (χ4n) is 2.17. The first-order valence-electron chi connectivity index (χ1n) is 7.25. The van der Waals surface area contributed by atoms with E-state index in [2.05, 4.69) is 4.72 Å². The number of hydrogen-bond donors (Lipinski definition) is 1. The minimum atomic E-state index is -3.47. The summed E-state index contributed by atoms with van der Waals surface area (Å²) in [6.45, 7) is 1.78. The third-order valence-electron chi connectivity index (χ3n) is 3.24. The van der Waals surface area contributed by atoms with Gasteiger partial charge in [-0.3, -0.25) is 9.52 Å². The summed E-state index contributed by atoms with van der Waals surface area (Å²) in [5.74, 6) is 0.200. The van der Waals surface area contributed by atoms with Crippen molar-refractivity contribution in [3.63, 3.8) is 0 Å². The van der Waals surface area contributed by atoms with E-state index in [1.165, 1.54) is 13.2 Å². The molecule has 6 heteroatoms. The van der Waals surface area contributed by atoms with E-state index in [1.54, 1.807) is 43.3 Å². The van der Waals surface area contributed by atoms with E-state index in [-0.39, 0.29) is 17.2 Å². The second-order valence-corrected chi connectivity index (χ2v) is 6.87. The molecule has 0 saturated heterocycles. The molecule has 0 atom stereocenters. The molecule has 0 saturated carbocycles. The smallest absolute Gasteiger partial charge is 0.232 e. The molecular weight excluding hydrogens is 314 g/mol. The van der Waals surface area contributed by atoms with Crippen molar-refractivity contribution in [1.29, 1.82) is 0 Å². The lowest BCUT2D eigenvalue weighted by Crippen LogP contribution is -2.17. The number of ketones is 1. The molecule has 2 aromatic carbocycles. The van der Waals surface area contributed by atoms with E-state index >= 15 is 0 Å². The summed E-state index contributed by atoms with van der Waals surface area (Å²) in [7, 11) is -2.02. The van der Waals surface area contributed by atoms with Gasteiger partial charge in [0.15, 0.2) is 5.78 Å². The summed E-state index contributed by atoms with van der Waals surface area (Å²) in [5.41, 5.74) is 1.20. The molecule has 0 amide bonds. The van der Waals surface area contributed by atoms with E-state index in [1.807, 2.05) is 6.07 Å². The molecular formula is C17H19NO4S. The summed E-state index contributed by atoms with van der Waals surface area (Å²) >= 11 is 0. The van der Waals surface area contributed by atoms with E-state index < -0.39 is 10.0 Å². The molecule has 23 heavy (non-hydrogen) atoms. The lowest BCUT2D eigenvalue weighted by Gasteiger charge is -2.13.